The molecule has 0 aromatic heterocycles. The first-order valence-corrected chi connectivity index (χ1v) is 8.72. The van der Waals surface area contributed by atoms with Crippen LogP contribution in [0.5, 0.6) is 0 Å². The van der Waals surface area contributed by atoms with Gasteiger partial charge >= 0.3 is 6.09 Å². The third-order valence-electron chi connectivity index (χ3n) is 4.48. The molecule has 2 aliphatic rings. The van der Waals surface area contributed by atoms with Crippen LogP contribution in [-0.2, 0) is 4.74 Å². The van der Waals surface area contributed by atoms with Gasteiger partial charge in [-0.3, -0.25) is 4.90 Å². The second-order valence-corrected chi connectivity index (χ2v) is 7.60. The van der Waals surface area contributed by atoms with E-state index in [1.807, 2.05) is 31.7 Å². The molecule has 1 saturated heterocycles. The van der Waals surface area contributed by atoms with Crippen LogP contribution >= 0.6 is 0 Å². The highest BCUT2D eigenvalue weighted by atomic mass is 16.6. The molecule has 0 spiro atoms. The molecule has 0 radical (unpaired) electrons. The van der Waals surface area contributed by atoms with Gasteiger partial charge in [0, 0.05) is 6.04 Å². The molecule has 22 heavy (non-hydrogen) atoms. The van der Waals surface area contributed by atoms with Crippen molar-refractivity contribution in [1.82, 2.24) is 4.90 Å². The molecule has 3 heteroatoms. The fourth-order valence-electron chi connectivity index (χ4n) is 3.52. The van der Waals surface area contributed by atoms with Gasteiger partial charge in [-0.15, -0.1) is 6.58 Å². The van der Waals surface area contributed by atoms with E-state index in [1.165, 1.54) is 25.7 Å². The van der Waals surface area contributed by atoms with Gasteiger partial charge in [0.1, 0.15) is 5.60 Å². The zero-order valence-electron chi connectivity index (χ0n) is 14.4. The lowest BCUT2D eigenvalue weighted by Crippen LogP contribution is -2.45. The molecule has 1 amide bonds. The quantitative estimate of drug-likeness (QED) is 0.497. The average Bonchev–Trinajstić information content (AvgIpc) is 2.68. The van der Waals surface area contributed by atoms with Crippen molar-refractivity contribution in [2.45, 2.75) is 89.8 Å². The topological polar surface area (TPSA) is 29.5 Å². The molecule has 0 N–H and O–H groups in total. The van der Waals surface area contributed by atoms with E-state index < -0.39 is 5.60 Å². The Hall–Kier alpha value is -1.25. The van der Waals surface area contributed by atoms with Gasteiger partial charge in [-0.1, -0.05) is 24.1 Å². The van der Waals surface area contributed by atoms with E-state index in [0.717, 1.165) is 25.7 Å². The highest BCUT2D eigenvalue weighted by Gasteiger charge is 2.41. The van der Waals surface area contributed by atoms with Crippen LogP contribution in [0.1, 0.15) is 72.1 Å². The lowest BCUT2D eigenvalue weighted by Gasteiger charge is -2.35. The number of hydrogen-bond donors (Lipinski definition) is 0. The normalized spacial score (nSPS) is 24.1. The minimum atomic E-state index is -0.411. The number of allylic oxidation sites excluding steroid dienone is 1. The van der Waals surface area contributed by atoms with Crippen LogP contribution in [0.3, 0.4) is 0 Å². The van der Waals surface area contributed by atoms with Crippen LogP contribution in [0, 0.1) is 0 Å². The summed E-state index contributed by atoms with van der Waals surface area (Å²) in [5.41, 5.74) is 1.14. The molecule has 0 aromatic rings. The standard InChI is InChI=1S/C19H31NO2/c1-5-6-7-8-9-10-15-13-16-11-12-17(14-15)20(16)18(21)22-19(2,3)4/h5,13,16-17H,1,6-12,14H2,2-4H3. The molecule has 2 bridgehead atoms. The number of unbranched alkanes of at least 4 members (excludes halogenated alkanes) is 3. The number of hydrogen-bond acceptors (Lipinski definition) is 2. The van der Waals surface area contributed by atoms with Crippen molar-refractivity contribution < 1.29 is 9.53 Å². The highest BCUT2D eigenvalue weighted by molar-refractivity contribution is 5.70. The number of nitrogens with zero attached hydrogens (tertiary/aromatic N) is 1. The zero-order chi connectivity index (χ0) is 16.2. The van der Waals surface area contributed by atoms with Crippen molar-refractivity contribution in [3.8, 4) is 0 Å². The molecule has 0 saturated carbocycles. The highest BCUT2D eigenvalue weighted by Crippen LogP contribution is 2.37. The van der Waals surface area contributed by atoms with E-state index in [9.17, 15) is 4.79 Å². The van der Waals surface area contributed by atoms with Crippen LogP contribution in [0.4, 0.5) is 4.79 Å². The van der Waals surface area contributed by atoms with E-state index in [-0.39, 0.29) is 12.1 Å². The molecule has 1 fully saturated rings. The Kier molecular flexibility index (Phi) is 5.71. The predicted molar refractivity (Wildman–Crippen MR) is 90.9 cm³/mol. The number of carbonyl (C=O) groups excluding carboxylic acids is 1. The van der Waals surface area contributed by atoms with Crippen LogP contribution in [-0.4, -0.2) is 28.7 Å². The first kappa shape index (κ1) is 17.1. The van der Waals surface area contributed by atoms with E-state index >= 15 is 0 Å². The zero-order valence-corrected chi connectivity index (χ0v) is 14.4. The summed E-state index contributed by atoms with van der Waals surface area (Å²) in [5.74, 6) is 0. The largest absolute Gasteiger partial charge is 0.444 e. The summed E-state index contributed by atoms with van der Waals surface area (Å²) < 4.78 is 5.57. The van der Waals surface area contributed by atoms with Crippen LogP contribution < -0.4 is 0 Å². The van der Waals surface area contributed by atoms with Crippen molar-refractivity contribution in [3.63, 3.8) is 0 Å². The van der Waals surface area contributed by atoms with Gasteiger partial charge in [-0.25, -0.2) is 4.79 Å². The number of fused-ring (bicyclic) bond motifs is 2. The fraction of sp³-hybridized carbons (Fsp3) is 0.737. The lowest BCUT2D eigenvalue weighted by molar-refractivity contribution is 0.0166. The maximum atomic E-state index is 12.4. The molecule has 0 aliphatic carbocycles. The van der Waals surface area contributed by atoms with Gasteiger partial charge in [0.25, 0.3) is 0 Å². The Morgan fingerprint density at radius 2 is 2.14 bits per heavy atom. The lowest BCUT2D eigenvalue weighted by atomic mass is 9.96. The van der Waals surface area contributed by atoms with E-state index in [1.54, 1.807) is 5.57 Å². The Labute approximate surface area is 135 Å². The minimum Gasteiger partial charge on any atom is -0.444 e. The summed E-state index contributed by atoms with van der Waals surface area (Å²) in [6.45, 7) is 9.56. The molecule has 3 nitrogen and oxygen atoms in total. The molecule has 2 atom stereocenters. The Morgan fingerprint density at radius 3 is 2.77 bits per heavy atom. The van der Waals surface area contributed by atoms with Gasteiger partial charge in [-0.2, -0.15) is 0 Å². The number of rotatable bonds is 6. The maximum absolute atomic E-state index is 12.4. The smallest absolute Gasteiger partial charge is 0.411 e. The molecule has 0 aromatic carbocycles. The fourth-order valence-corrected chi connectivity index (χ4v) is 3.52. The SMILES string of the molecule is C=CCCCCCC1=CC2CCC(C1)N2C(=O)OC(C)(C)C. The van der Waals surface area contributed by atoms with Crippen molar-refractivity contribution in [3.05, 3.63) is 24.3 Å². The van der Waals surface area contributed by atoms with Crippen molar-refractivity contribution >= 4 is 6.09 Å². The minimum absolute atomic E-state index is 0.138. The number of amides is 1. The van der Waals surface area contributed by atoms with Crippen LogP contribution in [0.2, 0.25) is 0 Å². The monoisotopic (exact) mass is 305 g/mol. The molecular weight excluding hydrogens is 274 g/mol. The van der Waals surface area contributed by atoms with Crippen molar-refractivity contribution in [1.29, 1.82) is 0 Å². The summed E-state index contributed by atoms with van der Waals surface area (Å²) in [5, 5.41) is 0. The van der Waals surface area contributed by atoms with Gasteiger partial charge in [0.15, 0.2) is 0 Å². The molecular formula is C19H31NO2. The Morgan fingerprint density at radius 1 is 1.36 bits per heavy atom. The summed E-state index contributed by atoms with van der Waals surface area (Å²) in [4.78, 5) is 14.4. The Balaban J connectivity index is 1.86. The summed E-state index contributed by atoms with van der Waals surface area (Å²) in [7, 11) is 0. The van der Waals surface area contributed by atoms with Gasteiger partial charge in [-0.05, 0) is 65.7 Å². The van der Waals surface area contributed by atoms with Crippen LogP contribution in [0.15, 0.2) is 24.3 Å². The van der Waals surface area contributed by atoms with Gasteiger partial charge in [0.2, 0.25) is 0 Å². The van der Waals surface area contributed by atoms with Crippen LogP contribution in [0.25, 0.3) is 0 Å². The molecule has 2 heterocycles. The third kappa shape index (κ3) is 4.62. The van der Waals surface area contributed by atoms with Crippen molar-refractivity contribution in [2.75, 3.05) is 0 Å². The van der Waals surface area contributed by atoms with Gasteiger partial charge < -0.3 is 4.74 Å². The van der Waals surface area contributed by atoms with E-state index in [0.29, 0.717) is 6.04 Å². The first-order chi connectivity index (χ1) is 10.4. The summed E-state index contributed by atoms with van der Waals surface area (Å²) in [6, 6.07) is 0.616. The summed E-state index contributed by atoms with van der Waals surface area (Å²) >= 11 is 0. The van der Waals surface area contributed by atoms with Crippen molar-refractivity contribution in [2.24, 2.45) is 0 Å². The predicted octanol–water partition coefficient (Wildman–Crippen LogP) is 5.22. The molecule has 124 valence electrons. The third-order valence-corrected chi connectivity index (χ3v) is 4.48. The average molecular weight is 305 g/mol. The molecule has 2 unspecified atom stereocenters. The summed E-state index contributed by atoms with van der Waals surface area (Å²) in [6.07, 6.45) is 13.5. The second kappa shape index (κ2) is 7.34. The van der Waals surface area contributed by atoms with E-state index in [2.05, 4.69) is 12.7 Å². The first-order valence-electron chi connectivity index (χ1n) is 8.72. The van der Waals surface area contributed by atoms with E-state index in [4.69, 9.17) is 4.74 Å². The molecule has 2 aliphatic heterocycles. The molecule has 2 rings (SSSR count). The maximum Gasteiger partial charge on any atom is 0.411 e. The number of ether oxygens (including phenoxy) is 1. The van der Waals surface area contributed by atoms with Gasteiger partial charge in [0.05, 0.1) is 6.04 Å². The Bertz CT molecular complexity index is 433. The number of carbonyl (C=O) groups is 1. The second-order valence-electron chi connectivity index (χ2n) is 7.60.